The summed E-state index contributed by atoms with van der Waals surface area (Å²) >= 11 is 5.95. The number of benzene rings is 1. The highest BCUT2D eigenvalue weighted by Crippen LogP contribution is 2.25. The van der Waals surface area contributed by atoms with Crippen molar-refractivity contribution in [3.63, 3.8) is 0 Å². The number of hydrogen-bond donors (Lipinski definition) is 1. The van der Waals surface area contributed by atoms with Gasteiger partial charge in [0.15, 0.2) is 0 Å². The smallest absolute Gasteiger partial charge is 0.106 e. The lowest BCUT2D eigenvalue weighted by Gasteiger charge is -2.14. The van der Waals surface area contributed by atoms with E-state index in [4.69, 9.17) is 16.0 Å². The minimum absolute atomic E-state index is 0.200. The highest BCUT2D eigenvalue weighted by molar-refractivity contribution is 6.30. The fourth-order valence-corrected chi connectivity index (χ4v) is 2.18. The van der Waals surface area contributed by atoms with E-state index >= 15 is 0 Å². The summed E-state index contributed by atoms with van der Waals surface area (Å²) < 4.78 is 5.53. The molecule has 17 heavy (non-hydrogen) atoms. The molecular formula is C14H16ClNO. The normalized spacial score (nSPS) is 12.5. The quantitative estimate of drug-likeness (QED) is 0.851. The number of aryl methyl sites for hydroxylation is 2. The molecule has 2 nitrogen and oxygen atoms in total. The van der Waals surface area contributed by atoms with E-state index in [1.165, 1.54) is 5.56 Å². The maximum Gasteiger partial charge on any atom is 0.106 e. The van der Waals surface area contributed by atoms with Gasteiger partial charge in [-0.2, -0.15) is 0 Å². The molecule has 0 spiro atoms. The van der Waals surface area contributed by atoms with Crippen molar-refractivity contribution in [1.82, 2.24) is 0 Å². The molecule has 1 N–H and O–H groups in total. The van der Waals surface area contributed by atoms with Crippen LogP contribution in [-0.4, -0.2) is 0 Å². The van der Waals surface area contributed by atoms with Gasteiger partial charge in [0.05, 0.1) is 6.04 Å². The van der Waals surface area contributed by atoms with Gasteiger partial charge >= 0.3 is 0 Å². The summed E-state index contributed by atoms with van der Waals surface area (Å²) in [7, 11) is 0. The van der Waals surface area contributed by atoms with Gasteiger partial charge in [0.25, 0.3) is 0 Å². The third kappa shape index (κ3) is 2.83. The van der Waals surface area contributed by atoms with Crippen molar-refractivity contribution in [3.8, 4) is 0 Å². The first-order chi connectivity index (χ1) is 8.06. The van der Waals surface area contributed by atoms with Crippen molar-refractivity contribution >= 4 is 17.3 Å². The molecule has 0 aliphatic carbocycles. The summed E-state index contributed by atoms with van der Waals surface area (Å²) in [6, 6.07) is 9.99. The highest BCUT2D eigenvalue weighted by atomic mass is 35.5. The highest BCUT2D eigenvalue weighted by Gasteiger charge is 2.12. The monoisotopic (exact) mass is 249 g/mol. The van der Waals surface area contributed by atoms with Crippen LogP contribution in [0.15, 0.2) is 34.7 Å². The second-order valence-electron chi connectivity index (χ2n) is 4.24. The molecule has 0 aliphatic rings. The molecule has 0 saturated heterocycles. The van der Waals surface area contributed by atoms with Crippen LogP contribution in [0.2, 0.25) is 5.02 Å². The Labute approximate surface area is 107 Å². The van der Waals surface area contributed by atoms with Crippen LogP contribution in [0, 0.1) is 13.8 Å². The van der Waals surface area contributed by atoms with Gasteiger partial charge in [0.1, 0.15) is 11.5 Å². The van der Waals surface area contributed by atoms with E-state index in [-0.39, 0.29) is 6.04 Å². The van der Waals surface area contributed by atoms with Crippen molar-refractivity contribution in [2.24, 2.45) is 0 Å². The van der Waals surface area contributed by atoms with E-state index in [1.807, 2.05) is 38.1 Å². The van der Waals surface area contributed by atoms with Gasteiger partial charge in [0, 0.05) is 16.3 Å². The lowest BCUT2D eigenvalue weighted by Crippen LogP contribution is -2.06. The number of hydrogen-bond acceptors (Lipinski definition) is 2. The van der Waals surface area contributed by atoms with Crippen molar-refractivity contribution in [2.75, 3.05) is 5.32 Å². The third-order valence-electron chi connectivity index (χ3n) is 2.75. The van der Waals surface area contributed by atoms with Crippen LogP contribution in [0.3, 0.4) is 0 Å². The van der Waals surface area contributed by atoms with E-state index in [9.17, 15) is 0 Å². The molecule has 1 heterocycles. The van der Waals surface area contributed by atoms with Gasteiger partial charge in [-0.1, -0.05) is 17.7 Å². The van der Waals surface area contributed by atoms with Crippen LogP contribution in [0.25, 0.3) is 0 Å². The molecule has 0 bridgehead atoms. The van der Waals surface area contributed by atoms with E-state index in [2.05, 4.69) is 18.3 Å². The third-order valence-corrected chi connectivity index (χ3v) is 2.99. The van der Waals surface area contributed by atoms with Gasteiger partial charge in [0.2, 0.25) is 0 Å². The van der Waals surface area contributed by atoms with Crippen LogP contribution in [0.1, 0.15) is 30.0 Å². The molecule has 0 aliphatic heterocycles. The fraction of sp³-hybridized carbons (Fsp3) is 0.286. The van der Waals surface area contributed by atoms with E-state index in [0.717, 1.165) is 22.2 Å². The van der Waals surface area contributed by atoms with Gasteiger partial charge < -0.3 is 9.73 Å². The molecule has 0 saturated carbocycles. The fourth-order valence-electron chi connectivity index (χ4n) is 1.99. The second kappa shape index (κ2) is 4.84. The van der Waals surface area contributed by atoms with Crippen LogP contribution in [0.5, 0.6) is 0 Å². The maximum absolute atomic E-state index is 5.95. The zero-order chi connectivity index (χ0) is 12.4. The molecule has 2 aromatic rings. The molecular weight excluding hydrogens is 234 g/mol. The predicted octanol–water partition coefficient (Wildman–Crippen LogP) is 4.72. The average Bonchev–Trinajstić information content (AvgIpc) is 2.58. The predicted molar refractivity (Wildman–Crippen MR) is 71.7 cm³/mol. The molecule has 0 amide bonds. The average molecular weight is 250 g/mol. The first kappa shape index (κ1) is 12.1. The van der Waals surface area contributed by atoms with Crippen LogP contribution >= 0.6 is 11.6 Å². The molecule has 0 fully saturated rings. The Morgan fingerprint density at radius 1 is 1.24 bits per heavy atom. The Kier molecular flexibility index (Phi) is 3.43. The zero-order valence-electron chi connectivity index (χ0n) is 10.3. The molecule has 1 atom stereocenters. The Morgan fingerprint density at radius 3 is 2.59 bits per heavy atom. The van der Waals surface area contributed by atoms with Gasteiger partial charge in [-0.05, 0) is 45.0 Å². The Bertz CT molecular complexity index is 519. The Balaban J connectivity index is 2.16. The number of rotatable bonds is 3. The SMILES string of the molecule is Cc1cc(C(C)Nc2cccc(Cl)c2)c(C)o1. The van der Waals surface area contributed by atoms with E-state index in [0.29, 0.717) is 0 Å². The largest absolute Gasteiger partial charge is 0.466 e. The van der Waals surface area contributed by atoms with Gasteiger partial charge in [-0.25, -0.2) is 0 Å². The summed E-state index contributed by atoms with van der Waals surface area (Å²) in [5.41, 5.74) is 2.20. The summed E-state index contributed by atoms with van der Waals surface area (Å²) in [5.74, 6) is 1.90. The van der Waals surface area contributed by atoms with E-state index < -0.39 is 0 Å². The van der Waals surface area contributed by atoms with Crippen molar-refractivity contribution in [3.05, 3.63) is 52.4 Å². The van der Waals surface area contributed by atoms with Gasteiger partial charge in [-0.3, -0.25) is 0 Å². The van der Waals surface area contributed by atoms with Crippen molar-refractivity contribution in [1.29, 1.82) is 0 Å². The number of anilines is 1. The number of nitrogens with one attached hydrogen (secondary N) is 1. The summed E-state index contributed by atoms with van der Waals surface area (Å²) in [5, 5.41) is 4.15. The van der Waals surface area contributed by atoms with Gasteiger partial charge in [-0.15, -0.1) is 0 Å². The summed E-state index contributed by atoms with van der Waals surface area (Å²) in [4.78, 5) is 0. The zero-order valence-corrected chi connectivity index (χ0v) is 11.0. The van der Waals surface area contributed by atoms with Crippen molar-refractivity contribution in [2.45, 2.75) is 26.8 Å². The molecule has 2 rings (SSSR count). The molecule has 1 aromatic carbocycles. The number of halogens is 1. The standard InChI is InChI=1S/C14H16ClNO/c1-9-7-14(11(3)17-9)10(2)16-13-6-4-5-12(15)8-13/h4-8,10,16H,1-3H3. The van der Waals surface area contributed by atoms with Crippen LogP contribution in [0.4, 0.5) is 5.69 Å². The molecule has 1 aromatic heterocycles. The molecule has 1 unspecified atom stereocenters. The van der Waals surface area contributed by atoms with Crippen molar-refractivity contribution < 1.29 is 4.42 Å². The molecule has 90 valence electrons. The summed E-state index contributed by atoms with van der Waals surface area (Å²) in [6.45, 7) is 6.05. The second-order valence-corrected chi connectivity index (χ2v) is 4.68. The number of furan rings is 1. The van der Waals surface area contributed by atoms with E-state index in [1.54, 1.807) is 0 Å². The Morgan fingerprint density at radius 2 is 2.00 bits per heavy atom. The first-order valence-corrected chi connectivity index (χ1v) is 6.03. The minimum Gasteiger partial charge on any atom is -0.466 e. The van der Waals surface area contributed by atoms with Crippen LogP contribution < -0.4 is 5.32 Å². The molecule has 3 heteroatoms. The topological polar surface area (TPSA) is 25.2 Å². The lowest BCUT2D eigenvalue weighted by molar-refractivity contribution is 0.500. The maximum atomic E-state index is 5.95. The summed E-state index contributed by atoms with van der Waals surface area (Å²) in [6.07, 6.45) is 0. The lowest BCUT2D eigenvalue weighted by atomic mass is 10.1. The molecule has 0 radical (unpaired) electrons. The minimum atomic E-state index is 0.200. The van der Waals surface area contributed by atoms with Crippen LogP contribution in [-0.2, 0) is 0 Å². The first-order valence-electron chi connectivity index (χ1n) is 5.65. The Hall–Kier alpha value is -1.41.